The molecule has 0 saturated heterocycles. The number of aryl methyl sites for hydroxylation is 1. The number of nitrogens with two attached hydrogens (primary N) is 1. The fraction of sp³-hybridized carbons (Fsp3) is 0.625. The van der Waals surface area contributed by atoms with E-state index in [1.165, 1.54) is 11.9 Å². The summed E-state index contributed by atoms with van der Waals surface area (Å²) in [5, 5.41) is 9.14. The Morgan fingerprint density at radius 1 is 1.10 bits per heavy atom. The van der Waals surface area contributed by atoms with Crippen LogP contribution < -0.4 is 20.1 Å². The SMILES string of the molecule is CCCC1CN(C)c2nc(OCC3(CO)CC3(F)F)nc3c(F)c(-c4cc(N)nc(C)c4C(F)(F)F)nc(c23)OC(C(F)(F)F)CC(C)C1C. The quantitative estimate of drug-likeness (QED) is 0.241. The summed E-state index contributed by atoms with van der Waals surface area (Å²) in [6.45, 7) is 4.68. The van der Waals surface area contributed by atoms with Crippen LogP contribution in [0.25, 0.3) is 22.2 Å². The zero-order valence-corrected chi connectivity index (χ0v) is 27.8. The van der Waals surface area contributed by atoms with E-state index in [4.69, 9.17) is 15.2 Å². The smallest absolute Gasteiger partial charge is 0.425 e. The van der Waals surface area contributed by atoms with Crippen molar-refractivity contribution in [3.05, 3.63) is 23.1 Å². The summed E-state index contributed by atoms with van der Waals surface area (Å²) in [7, 11) is 1.51. The van der Waals surface area contributed by atoms with Crippen LogP contribution >= 0.6 is 0 Å². The highest BCUT2D eigenvalue weighted by atomic mass is 19.4. The molecule has 50 heavy (non-hydrogen) atoms. The number of hydrogen-bond donors (Lipinski definition) is 2. The first-order valence-corrected chi connectivity index (χ1v) is 16.0. The summed E-state index contributed by atoms with van der Waals surface area (Å²) in [6, 6.07) is -0.0361. The summed E-state index contributed by atoms with van der Waals surface area (Å²) in [5.41, 5.74) is -1.25. The molecule has 5 unspecified atom stereocenters. The second kappa shape index (κ2) is 13.1. The van der Waals surface area contributed by atoms with E-state index < -0.39 is 119 Å². The number of hydrogen-bond acceptors (Lipinski definition) is 9. The Kier molecular flexibility index (Phi) is 9.77. The molecule has 9 nitrogen and oxygen atoms in total. The summed E-state index contributed by atoms with van der Waals surface area (Å²) in [6.07, 6.45) is -12.7. The van der Waals surface area contributed by atoms with Crippen molar-refractivity contribution in [2.24, 2.45) is 23.2 Å². The minimum Gasteiger partial charge on any atom is -0.464 e. The first kappa shape index (κ1) is 37.4. The number of aromatic nitrogens is 4. The van der Waals surface area contributed by atoms with Crippen LogP contribution in [0, 0.1) is 35.9 Å². The lowest BCUT2D eigenvalue weighted by atomic mass is 9.78. The van der Waals surface area contributed by atoms with Crippen LogP contribution in [0.4, 0.5) is 51.1 Å². The van der Waals surface area contributed by atoms with Gasteiger partial charge in [0.2, 0.25) is 5.88 Å². The minimum absolute atomic E-state index is 0.168. The predicted molar refractivity (Wildman–Crippen MR) is 164 cm³/mol. The van der Waals surface area contributed by atoms with E-state index in [0.29, 0.717) is 18.9 Å². The van der Waals surface area contributed by atoms with Crippen molar-refractivity contribution < 1.29 is 54.1 Å². The van der Waals surface area contributed by atoms with Crippen LogP contribution in [0.1, 0.15) is 57.7 Å². The molecule has 2 aliphatic rings. The number of rotatable bonds is 7. The molecule has 0 amide bonds. The molecule has 1 saturated carbocycles. The fourth-order valence-corrected chi connectivity index (χ4v) is 6.64. The van der Waals surface area contributed by atoms with Gasteiger partial charge in [-0.1, -0.05) is 27.2 Å². The van der Waals surface area contributed by atoms with Crippen LogP contribution in [-0.2, 0) is 6.18 Å². The molecule has 0 radical (unpaired) electrons. The molecule has 18 heteroatoms. The maximum Gasteiger partial charge on any atom is 0.425 e. The molecule has 276 valence electrons. The van der Waals surface area contributed by atoms with Gasteiger partial charge >= 0.3 is 18.4 Å². The number of ether oxygens (including phenoxy) is 2. The largest absolute Gasteiger partial charge is 0.464 e. The highest BCUT2D eigenvalue weighted by Crippen LogP contribution is 2.60. The third-order valence-corrected chi connectivity index (χ3v) is 9.84. The molecular formula is C32H37F9N6O3. The van der Waals surface area contributed by atoms with Crippen LogP contribution in [0.5, 0.6) is 11.9 Å². The molecule has 1 aliphatic carbocycles. The topological polar surface area (TPSA) is 120 Å². The number of nitrogen functional groups attached to an aromatic ring is 1. The maximum absolute atomic E-state index is 16.7. The normalized spacial score (nSPS) is 25.6. The van der Waals surface area contributed by atoms with E-state index in [-0.39, 0.29) is 24.2 Å². The van der Waals surface area contributed by atoms with Gasteiger partial charge in [-0.25, -0.2) is 23.1 Å². The first-order chi connectivity index (χ1) is 23.1. The molecule has 0 bridgehead atoms. The van der Waals surface area contributed by atoms with Crippen molar-refractivity contribution in [1.29, 1.82) is 0 Å². The van der Waals surface area contributed by atoms with Gasteiger partial charge in [-0.3, -0.25) is 0 Å². The Morgan fingerprint density at radius 3 is 2.32 bits per heavy atom. The average Bonchev–Trinajstić information content (AvgIpc) is 3.58. The zero-order chi connectivity index (χ0) is 37.1. The maximum atomic E-state index is 16.7. The number of anilines is 2. The van der Waals surface area contributed by atoms with Gasteiger partial charge < -0.3 is 25.2 Å². The van der Waals surface area contributed by atoms with Gasteiger partial charge in [-0.15, -0.1) is 0 Å². The molecule has 5 atom stereocenters. The third-order valence-electron chi connectivity index (χ3n) is 9.84. The predicted octanol–water partition coefficient (Wildman–Crippen LogP) is 7.37. The second-order valence-electron chi connectivity index (χ2n) is 13.4. The van der Waals surface area contributed by atoms with Crippen molar-refractivity contribution in [3.8, 4) is 23.1 Å². The number of pyridine rings is 2. The second-order valence-corrected chi connectivity index (χ2v) is 13.4. The highest BCUT2D eigenvalue weighted by Gasteiger charge is 2.71. The molecule has 4 heterocycles. The number of nitrogens with zero attached hydrogens (tertiary/aromatic N) is 5. The molecule has 1 aliphatic heterocycles. The highest BCUT2D eigenvalue weighted by molar-refractivity contribution is 5.97. The summed E-state index contributed by atoms with van der Waals surface area (Å²) < 4.78 is 143. The van der Waals surface area contributed by atoms with Gasteiger partial charge in [-0.05, 0) is 43.6 Å². The van der Waals surface area contributed by atoms with Crippen LogP contribution in [0.15, 0.2) is 6.07 Å². The van der Waals surface area contributed by atoms with Crippen molar-refractivity contribution in [2.45, 2.75) is 77.8 Å². The van der Waals surface area contributed by atoms with E-state index in [9.17, 15) is 40.2 Å². The first-order valence-electron chi connectivity index (χ1n) is 16.0. The Hall–Kier alpha value is -3.83. The standard InChI is InChI=1S/C32H37F9N6O3/c1-6-7-17-10-47(5)26-21-25(45-28(46-26)49-13-29(12-48)11-30(29,34)35)23(33)24(18-9-20(42)43-16(4)22(18)32(39,40)41)44-27(21)50-19(31(36,37)38)8-14(2)15(17)3/h9,14-15,17,19,48H,6-8,10-13H2,1-5H3,(H2,42,43). The van der Waals surface area contributed by atoms with Crippen molar-refractivity contribution in [1.82, 2.24) is 19.9 Å². The summed E-state index contributed by atoms with van der Waals surface area (Å²) >= 11 is 0. The average molecular weight is 725 g/mol. The van der Waals surface area contributed by atoms with Crippen molar-refractivity contribution in [2.75, 3.05) is 37.4 Å². The molecule has 0 spiro atoms. The lowest BCUT2D eigenvalue weighted by molar-refractivity contribution is -0.201. The van der Waals surface area contributed by atoms with Gasteiger partial charge in [0, 0.05) is 25.6 Å². The Bertz CT molecular complexity index is 1760. The monoisotopic (exact) mass is 724 g/mol. The molecular weight excluding hydrogens is 687 g/mol. The van der Waals surface area contributed by atoms with E-state index in [1.54, 1.807) is 13.8 Å². The van der Waals surface area contributed by atoms with Crippen LogP contribution in [0.2, 0.25) is 0 Å². The van der Waals surface area contributed by atoms with E-state index in [2.05, 4.69) is 19.9 Å². The minimum atomic E-state index is -5.14. The van der Waals surface area contributed by atoms with Gasteiger partial charge in [0.25, 0.3) is 5.92 Å². The Labute approximate surface area is 281 Å². The Balaban J connectivity index is 1.84. The number of alkyl halides is 8. The summed E-state index contributed by atoms with van der Waals surface area (Å²) in [5.74, 6) is -7.57. The number of halogens is 9. The van der Waals surface area contributed by atoms with Gasteiger partial charge in [-0.2, -0.15) is 36.3 Å². The molecule has 5 rings (SSSR count). The van der Waals surface area contributed by atoms with E-state index in [1.807, 2.05) is 6.92 Å². The van der Waals surface area contributed by atoms with Crippen LogP contribution in [0.3, 0.4) is 0 Å². The lowest BCUT2D eigenvalue weighted by Crippen LogP contribution is -2.38. The summed E-state index contributed by atoms with van der Waals surface area (Å²) in [4.78, 5) is 17.3. The number of aliphatic hydroxyl groups is 1. The van der Waals surface area contributed by atoms with E-state index in [0.717, 1.165) is 6.92 Å². The third kappa shape index (κ3) is 6.91. The fourth-order valence-electron chi connectivity index (χ4n) is 6.64. The van der Waals surface area contributed by atoms with Crippen molar-refractivity contribution in [3.63, 3.8) is 0 Å². The zero-order valence-electron chi connectivity index (χ0n) is 27.8. The molecule has 1 fully saturated rings. The lowest BCUT2D eigenvalue weighted by Gasteiger charge is -2.33. The number of aliphatic hydroxyl groups excluding tert-OH is 1. The molecule has 3 aromatic heterocycles. The van der Waals surface area contributed by atoms with E-state index >= 15 is 4.39 Å². The molecule has 0 aromatic carbocycles. The Morgan fingerprint density at radius 2 is 1.76 bits per heavy atom. The van der Waals surface area contributed by atoms with Crippen LogP contribution in [-0.4, -0.2) is 70.1 Å². The van der Waals surface area contributed by atoms with Gasteiger partial charge in [0.15, 0.2) is 11.9 Å². The van der Waals surface area contributed by atoms with Gasteiger partial charge in [0.1, 0.15) is 34.8 Å². The molecule has 3 aromatic rings. The molecule has 3 N–H and O–H groups in total. The van der Waals surface area contributed by atoms with Crippen molar-refractivity contribution >= 4 is 22.5 Å². The van der Waals surface area contributed by atoms with Gasteiger partial charge in [0.05, 0.1) is 23.3 Å².